The van der Waals surface area contributed by atoms with Gasteiger partial charge in [-0.1, -0.05) is 71.0 Å². The Morgan fingerprint density at radius 2 is 1.73 bits per heavy atom. The van der Waals surface area contributed by atoms with Gasteiger partial charge in [-0.3, -0.25) is 19.3 Å². The van der Waals surface area contributed by atoms with E-state index in [2.05, 4.69) is 0 Å². The first-order chi connectivity index (χ1) is 21.3. The third kappa shape index (κ3) is 3.50. The summed E-state index contributed by atoms with van der Waals surface area (Å²) in [6.07, 6.45) is 0. The Morgan fingerprint density at radius 3 is 2.55 bits per heavy atom. The van der Waals surface area contributed by atoms with Crippen LogP contribution in [0.25, 0.3) is 21.2 Å². The van der Waals surface area contributed by atoms with Gasteiger partial charge in [-0.15, -0.1) is 0 Å². The normalized spacial score (nSPS) is 17.2. The number of benzene rings is 4. The van der Waals surface area contributed by atoms with Crippen LogP contribution >= 0.6 is 11.3 Å². The van der Waals surface area contributed by atoms with Crippen LogP contribution in [-0.4, -0.2) is 23.9 Å². The van der Waals surface area contributed by atoms with Crippen LogP contribution in [0.15, 0.2) is 94.1 Å². The maximum Gasteiger partial charge on any atom is 0.297 e. The Labute approximate surface area is 255 Å². The molecule has 6 aromatic rings. The van der Waals surface area contributed by atoms with Gasteiger partial charge in [-0.25, -0.2) is 4.98 Å². The highest BCUT2D eigenvalue weighted by atomic mass is 32.1. The first kappa shape index (κ1) is 26.4. The van der Waals surface area contributed by atoms with E-state index >= 15 is 4.79 Å². The molecule has 44 heavy (non-hydrogen) atoms. The van der Waals surface area contributed by atoms with Crippen molar-refractivity contribution in [3.05, 3.63) is 129 Å². The molecular weight excluding hydrogens is 574 g/mol. The predicted molar refractivity (Wildman–Crippen MR) is 170 cm³/mol. The van der Waals surface area contributed by atoms with Crippen molar-refractivity contribution < 1.29 is 18.7 Å². The molecule has 2 aliphatic heterocycles. The quantitative estimate of drug-likeness (QED) is 0.230. The van der Waals surface area contributed by atoms with Crippen molar-refractivity contribution in [1.29, 1.82) is 0 Å². The molecule has 9 heteroatoms. The van der Waals surface area contributed by atoms with E-state index in [-0.39, 0.29) is 28.6 Å². The maximum absolute atomic E-state index is 15.1. The second-order valence-corrected chi connectivity index (χ2v) is 12.2. The average Bonchev–Trinajstić information content (AvgIpc) is 3.63. The highest BCUT2D eigenvalue weighted by molar-refractivity contribution is 7.22. The van der Waals surface area contributed by atoms with Crippen LogP contribution in [0.4, 0.5) is 10.8 Å². The van der Waals surface area contributed by atoms with Crippen molar-refractivity contribution in [1.82, 2.24) is 4.98 Å². The van der Waals surface area contributed by atoms with E-state index in [9.17, 15) is 9.59 Å². The largest absolute Gasteiger partial charge is 0.497 e. The minimum Gasteiger partial charge on any atom is -0.497 e. The summed E-state index contributed by atoms with van der Waals surface area (Å²) in [6, 6.07) is 26.0. The van der Waals surface area contributed by atoms with E-state index in [0.29, 0.717) is 27.9 Å². The summed E-state index contributed by atoms with van der Waals surface area (Å²) in [5.74, 6) is -0.512. The molecule has 2 amide bonds. The van der Waals surface area contributed by atoms with Gasteiger partial charge in [0.15, 0.2) is 16.1 Å². The van der Waals surface area contributed by atoms with Crippen LogP contribution < -0.4 is 20.0 Å². The molecule has 2 aliphatic rings. The Kier molecular flexibility index (Phi) is 5.61. The molecule has 4 aromatic carbocycles. The number of ether oxygens (including phenoxy) is 1. The number of carbonyl (C=O) groups is 2. The van der Waals surface area contributed by atoms with Gasteiger partial charge < -0.3 is 14.1 Å². The third-order valence-corrected chi connectivity index (χ3v) is 9.48. The van der Waals surface area contributed by atoms with Crippen molar-refractivity contribution in [3.63, 3.8) is 0 Å². The first-order valence-corrected chi connectivity index (χ1v) is 15.0. The van der Waals surface area contributed by atoms with Crippen LogP contribution in [0.1, 0.15) is 38.4 Å². The monoisotopic (exact) mass is 599 g/mol. The smallest absolute Gasteiger partial charge is 0.297 e. The molecule has 0 saturated heterocycles. The number of rotatable bonds is 4. The minimum absolute atomic E-state index is 0.0154. The molecule has 0 fully saturated rings. The number of hydrogen-bond donors (Lipinski definition) is 0. The lowest BCUT2D eigenvalue weighted by Gasteiger charge is -2.32. The summed E-state index contributed by atoms with van der Waals surface area (Å²) in [6.45, 7) is 4.14. The summed E-state index contributed by atoms with van der Waals surface area (Å²) < 4.78 is 12.4. The Bertz CT molecular complexity index is 2270. The van der Waals surface area contributed by atoms with Gasteiger partial charge in [0.2, 0.25) is 5.76 Å². The van der Waals surface area contributed by atoms with Crippen LogP contribution in [0.2, 0.25) is 0 Å². The maximum atomic E-state index is 15.1. The fourth-order valence-electron chi connectivity index (χ4n) is 6.54. The van der Waals surface area contributed by atoms with Gasteiger partial charge in [0.05, 0.1) is 40.5 Å². The van der Waals surface area contributed by atoms with E-state index in [0.717, 1.165) is 21.4 Å². The zero-order chi connectivity index (χ0) is 30.3. The van der Waals surface area contributed by atoms with Crippen molar-refractivity contribution in [2.24, 2.45) is 0 Å². The lowest BCUT2D eigenvalue weighted by atomic mass is 9.84. The predicted octanol–water partition coefficient (Wildman–Crippen LogP) is 6.48. The molecule has 8 nitrogen and oxygen atoms in total. The number of aromatic nitrogens is 1. The van der Waals surface area contributed by atoms with E-state index in [1.54, 1.807) is 30.2 Å². The van der Waals surface area contributed by atoms with Crippen LogP contribution in [0.3, 0.4) is 0 Å². The molecule has 8 rings (SSSR count). The van der Waals surface area contributed by atoms with Gasteiger partial charge in [0, 0.05) is 5.56 Å². The summed E-state index contributed by atoms with van der Waals surface area (Å²) in [7, 11) is 1.58. The second kappa shape index (κ2) is 9.36. The molecule has 0 radical (unpaired) electrons. The molecule has 0 saturated carbocycles. The summed E-state index contributed by atoms with van der Waals surface area (Å²) >= 11 is 1.26. The highest BCUT2D eigenvalue weighted by Gasteiger charge is 2.66. The average molecular weight is 600 g/mol. The molecule has 216 valence electrons. The van der Waals surface area contributed by atoms with E-state index < -0.39 is 22.8 Å². The highest BCUT2D eigenvalue weighted by Crippen LogP contribution is 2.55. The molecule has 0 aliphatic carbocycles. The number of hydrogen-bond acceptors (Lipinski definition) is 7. The standard InChI is InChI=1S/C35H25N3O5S/c1-19-7-6-8-21(15-19)18-37-26-10-5-4-9-24(26)35(33(37)41)29-30(39)23-16-20(2)11-14-27(23)43-31(29)32(40)38(35)34-36-25-13-12-22(42-3)17-28(25)44-34/h4-17H,18H2,1-3H3. The fraction of sp³-hybridized carbons (Fsp3) is 0.143. The van der Waals surface area contributed by atoms with E-state index in [1.165, 1.54) is 16.2 Å². The minimum atomic E-state index is -1.82. The molecule has 2 aromatic heterocycles. The Hall–Kier alpha value is -5.28. The topological polar surface area (TPSA) is 93.0 Å². The third-order valence-electron chi connectivity index (χ3n) is 8.48. The van der Waals surface area contributed by atoms with Gasteiger partial charge in [-0.2, -0.15) is 0 Å². The fourth-order valence-corrected chi connectivity index (χ4v) is 7.59. The summed E-state index contributed by atoms with van der Waals surface area (Å²) in [5, 5.41) is 0.596. The molecule has 0 N–H and O–H groups in total. The number of thiazole rings is 1. The molecular formula is C35H25N3O5S. The van der Waals surface area contributed by atoms with Crippen molar-refractivity contribution in [3.8, 4) is 5.75 Å². The van der Waals surface area contributed by atoms with E-state index in [1.807, 2.05) is 80.6 Å². The molecule has 1 unspecified atom stereocenters. The molecule has 1 spiro atoms. The zero-order valence-electron chi connectivity index (χ0n) is 24.1. The van der Waals surface area contributed by atoms with Gasteiger partial charge in [0.1, 0.15) is 11.3 Å². The van der Waals surface area contributed by atoms with Gasteiger partial charge >= 0.3 is 0 Å². The van der Waals surface area contributed by atoms with Gasteiger partial charge in [-0.05, 0) is 55.8 Å². The van der Waals surface area contributed by atoms with Crippen molar-refractivity contribution in [2.75, 3.05) is 16.9 Å². The van der Waals surface area contributed by atoms with Crippen LogP contribution in [0.5, 0.6) is 5.75 Å². The SMILES string of the molecule is COc1ccc2nc(N3C(=O)c4oc5ccc(C)cc5c(=O)c4C34C(=O)N(Cc3cccc(C)c3)c3ccccc34)sc2c1. The number of amides is 2. The Morgan fingerprint density at radius 1 is 0.909 bits per heavy atom. The number of anilines is 2. The number of para-hydroxylation sites is 1. The van der Waals surface area contributed by atoms with Crippen molar-refractivity contribution in [2.45, 2.75) is 25.9 Å². The van der Waals surface area contributed by atoms with Crippen LogP contribution in [0, 0.1) is 13.8 Å². The molecule has 4 heterocycles. The van der Waals surface area contributed by atoms with Crippen molar-refractivity contribution >= 4 is 55.2 Å². The number of fused-ring (bicyclic) bond motifs is 6. The molecule has 1 atom stereocenters. The number of nitrogens with zero attached hydrogens (tertiary/aromatic N) is 3. The lowest BCUT2D eigenvalue weighted by Crippen LogP contribution is -2.53. The number of aryl methyl sites for hydroxylation is 2. The second-order valence-electron chi connectivity index (χ2n) is 11.2. The van der Waals surface area contributed by atoms with Crippen LogP contribution in [-0.2, 0) is 16.9 Å². The molecule has 0 bridgehead atoms. The lowest BCUT2D eigenvalue weighted by molar-refractivity contribution is -0.121. The first-order valence-electron chi connectivity index (χ1n) is 14.2. The number of carbonyl (C=O) groups excluding carboxylic acids is 2. The Balaban J connectivity index is 1.44. The summed E-state index contributed by atoms with van der Waals surface area (Å²) in [4.78, 5) is 52.1. The number of methoxy groups -OCH3 is 1. The van der Waals surface area contributed by atoms with E-state index in [4.69, 9.17) is 14.1 Å². The van der Waals surface area contributed by atoms with Gasteiger partial charge in [0.25, 0.3) is 11.8 Å². The zero-order valence-corrected chi connectivity index (χ0v) is 24.9. The summed E-state index contributed by atoms with van der Waals surface area (Å²) in [5.41, 5.74) is 2.71.